The van der Waals surface area contributed by atoms with Crippen molar-refractivity contribution in [2.45, 2.75) is 18.9 Å². The highest BCUT2D eigenvalue weighted by atomic mass is 35.5. The largest absolute Gasteiger partial charge is 0.490 e. The molecule has 2 aliphatic rings. The monoisotopic (exact) mass is 296 g/mol. The minimum absolute atomic E-state index is 0.313. The van der Waals surface area contributed by atoms with E-state index in [1.807, 2.05) is 12.1 Å². The van der Waals surface area contributed by atoms with Gasteiger partial charge in [0.25, 0.3) is 0 Å². The zero-order valence-corrected chi connectivity index (χ0v) is 12.5. The van der Waals surface area contributed by atoms with Crippen LogP contribution in [-0.4, -0.2) is 38.3 Å². The minimum atomic E-state index is 0.313. The van der Waals surface area contributed by atoms with Crippen LogP contribution in [0.5, 0.6) is 11.5 Å². The standard InChI is InChI=1S/C15H21ClN2O2/c1-18-9-10(8-17)5-13(18)11-6-14-15(7-12(11)16)20-4-2-3-19-14/h6-7,10,13H,2-5,8-9,17H2,1H3. The number of ether oxygens (including phenoxy) is 2. The number of hydrogen-bond donors (Lipinski definition) is 1. The molecular formula is C15H21ClN2O2. The molecule has 2 unspecified atom stereocenters. The second-order valence-corrected chi connectivity index (χ2v) is 6.07. The molecule has 5 heteroatoms. The molecule has 4 nitrogen and oxygen atoms in total. The number of likely N-dealkylation sites (tertiary alicyclic amines) is 1. The molecule has 1 fully saturated rings. The van der Waals surface area contributed by atoms with Crippen molar-refractivity contribution in [3.05, 3.63) is 22.7 Å². The number of fused-ring (bicyclic) bond motifs is 1. The van der Waals surface area contributed by atoms with Gasteiger partial charge in [-0.05, 0) is 37.6 Å². The molecule has 110 valence electrons. The van der Waals surface area contributed by atoms with E-state index in [1.165, 1.54) is 0 Å². The Labute approximate surface area is 124 Å². The summed E-state index contributed by atoms with van der Waals surface area (Å²) in [6.07, 6.45) is 1.95. The molecule has 1 saturated heterocycles. The van der Waals surface area contributed by atoms with E-state index >= 15 is 0 Å². The highest BCUT2D eigenvalue weighted by Crippen LogP contribution is 2.42. The Balaban J connectivity index is 1.92. The lowest BCUT2D eigenvalue weighted by Gasteiger charge is -2.22. The summed E-state index contributed by atoms with van der Waals surface area (Å²) in [4.78, 5) is 2.32. The third-order valence-corrected chi connectivity index (χ3v) is 4.52. The summed E-state index contributed by atoms with van der Waals surface area (Å²) in [7, 11) is 2.12. The summed E-state index contributed by atoms with van der Waals surface area (Å²) in [6, 6.07) is 4.25. The van der Waals surface area contributed by atoms with E-state index in [9.17, 15) is 0 Å². The lowest BCUT2D eigenvalue weighted by atomic mass is 9.99. The number of nitrogens with two attached hydrogens (primary N) is 1. The van der Waals surface area contributed by atoms with Gasteiger partial charge in [0.2, 0.25) is 0 Å². The fourth-order valence-corrected chi connectivity index (χ4v) is 3.37. The van der Waals surface area contributed by atoms with Crippen LogP contribution in [0.4, 0.5) is 0 Å². The van der Waals surface area contributed by atoms with Crippen LogP contribution < -0.4 is 15.2 Å². The van der Waals surface area contributed by atoms with Gasteiger partial charge in [-0.15, -0.1) is 0 Å². The van der Waals surface area contributed by atoms with E-state index in [-0.39, 0.29) is 0 Å². The summed E-state index contributed by atoms with van der Waals surface area (Å²) in [6.45, 7) is 3.12. The average molecular weight is 297 g/mol. The van der Waals surface area contributed by atoms with Gasteiger partial charge in [0.05, 0.1) is 13.2 Å². The number of hydrogen-bond acceptors (Lipinski definition) is 4. The van der Waals surface area contributed by atoms with Crippen molar-refractivity contribution in [1.82, 2.24) is 4.90 Å². The van der Waals surface area contributed by atoms with Gasteiger partial charge in [0.1, 0.15) is 0 Å². The number of rotatable bonds is 2. The fourth-order valence-electron chi connectivity index (χ4n) is 3.09. The van der Waals surface area contributed by atoms with Crippen molar-refractivity contribution in [2.24, 2.45) is 11.7 Å². The van der Waals surface area contributed by atoms with Gasteiger partial charge >= 0.3 is 0 Å². The quantitative estimate of drug-likeness (QED) is 0.911. The second kappa shape index (κ2) is 5.80. The van der Waals surface area contributed by atoms with E-state index < -0.39 is 0 Å². The van der Waals surface area contributed by atoms with Crippen LogP contribution in [0.25, 0.3) is 0 Å². The van der Waals surface area contributed by atoms with E-state index in [0.29, 0.717) is 25.2 Å². The minimum Gasteiger partial charge on any atom is -0.490 e. The summed E-state index contributed by atoms with van der Waals surface area (Å²) in [5, 5.41) is 0.753. The predicted molar refractivity (Wildman–Crippen MR) is 79.6 cm³/mol. The molecule has 2 heterocycles. The maximum atomic E-state index is 6.46. The Morgan fingerprint density at radius 1 is 1.30 bits per heavy atom. The van der Waals surface area contributed by atoms with Crippen LogP contribution in [0.1, 0.15) is 24.4 Å². The molecule has 0 bridgehead atoms. The molecule has 0 radical (unpaired) electrons. The van der Waals surface area contributed by atoms with Gasteiger partial charge in [0.15, 0.2) is 11.5 Å². The third-order valence-electron chi connectivity index (χ3n) is 4.19. The highest BCUT2D eigenvalue weighted by Gasteiger charge is 2.32. The van der Waals surface area contributed by atoms with Crippen LogP contribution in [0.2, 0.25) is 5.02 Å². The first kappa shape index (κ1) is 14.0. The van der Waals surface area contributed by atoms with Gasteiger partial charge in [-0.3, -0.25) is 4.90 Å². The molecule has 2 aliphatic heterocycles. The van der Waals surface area contributed by atoms with Crippen molar-refractivity contribution in [3.8, 4) is 11.5 Å². The number of halogens is 1. The molecule has 1 aromatic carbocycles. The predicted octanol–water partition coefficient (Wildman–Crippen LogP) is 2.45. The van der Waals surface area contributed by atoms with Gasteiger partial charge in [-0.25, -0.2) is 0 Å². The zero-order chi connectivity index (χ0) is 14.1. The second-order valence-electron chi connectivity index (χ2n) is 5.66. The van der Waals surface area contributed by atoms with Crippen LogP contribution in [0, 0.1) is 5.92 Å². The topological polar surface area (TPSA) is 47.7 Å². The molecule has 1 aromatic rings. The Kier molecular flexibility index (Phi) is 4.06. The summed E-state index contributed by atoms with van der Waals surface area (Å²) >= 11 is 6.46. The first-order chi connectivity index (χ1) is 9.69. The molecule has 0 aromatic heterocycles. The van der Waals surface area contributed by atoms with Crippen LogP contribution in [0.15, 0.2) is 12.1 Å². The van der Waals surface area contributed by atoms with Gasteiger partial charge in [0, 0.05) is 30.1 Å². The van der Waals surface area contributed by atoms with E-state index in [2.05, 4.69) is 11.9 Å². The maximum Gasteiger partial charge on any atom is 0.162 e. The molecule has 0 aliphatic carbocycles. The fraction of sp³-hybridized carbons (Fsp3) is 0.600. The van der Waals surface area contributed by atoms with Crippen LogP contribution in [0.3, 0.4) is 0 Å². The van der Waals surface area contributed by atoms with Gasteiger partial charge in [-0.1, -0.05) is 11.6 Å². The van der Waals surface area contributed by atoms with Crippen molar-refractivity contribution >= 4 is 11.6 Å². The van der Waals surface area contributed by atoms with Crippen LogP contribution >= 0.6 is 11.6 Å². The maximum absolute atomic E-state index is 6.46. The lowest BCUT2D eigenvalue weighted by Crippen LogP contribution is -2.20. The summed E-state index contributed by atoms with van der Waals surface area (Å²) in [5.74, 6) is 2.11. The zero-order valence-electron chi connectivity index (χ0n) is 11.8. The Morgan fingerprint density at radius 2 is 2.00 bits per heavy atom. The number of benzene rings is 1. The van der Waals surface area contributed by atoms with Crippen molar-refractivity contribution in [3.63, 3.8) is 0 Å². The van der Waals surface area contributed by atoms with Crippen molar-refractivity contribution in [1.29, 1.82) is 0 Å². The molecular weight excluding hydrogens is 276 g/mol. The van der Waals surface area contributed by atoms with Crippen LogP contribution in [-0.2, 0) is 0 Å². The third kappa shape index (κ3) is 2.60. The van der Waals surface area contributed by atoms with Crippen molar-refractivity contribution < 1.29 is 9.47 Å². The summed E-state index contributed by atoms with van der Waals surface area (Å²) < 4.78 is 11.4. The normalized spacial score (nSPS) is 26.6. The molecule has 0 saturated carbocycles. The SMILES string of the molecule is CN1CC(CN)CC1c1cc2c(cc1Cl)OCCCO2. The van der Waals surface area contributed by atoms with E-state index in [0.717, 1.165) is 48.0 Å². The first-order valence-electron chi connectivity index (χ1n) is 7.18. The van der Waals surface area contributed by atoms with E-state index in [1.54, 1.807) is 0 Å². The Hall–Kier alpha value is -0.970. The lowest BCUT2D eigenvalue weighted by molar-refractivity contribution is 0.296. The molecule has 3 rings (SSSR count). The molecule has 2 N–H and O–H groups in total. The average Bonchev–Trinajstić information content (AvgIpc) is 2.66. The Morgan fingerprint density at radius 3 is 2.65 bits per heavy atom. The van der Waals surface area contributed by atoms with Gasteiger partial charge in [-0.2, -0.15) is 0 Å². The molecule has 0 spiro atoms. The Bertz CT molecular complexity index is 495. The summed E-state index contributed by atoms with van der Waals surface area (Å²) in [5.41, 5.74) is 6.92. The van der Waals surface area contributed by atoms with E-state index in [4.69, 9.17) is 26.8 Å². The van der Waals surface area contributed by atoms with Crippen molar-refractivity contribution in [2.75, 3.05) is 33.4 Å². The number of nitrogens with zero attached hydrogens (tertiary/aromatic N) is 1. The molecule has 2 atom stereocenters. The molecule has 0 amide bonds. The molecule has 20 heavy (non-hydrogen) atoms. The first-order valence-corrected chi connectivity index (χ1v) is 7.56. The van der Waals surface area contributed by atoms with Gasteiger partial charge < -0.3 is 15.2 Å². The smallest absolute Gasteiger partial charge is 0.162 e. The highest BCUT2D eigenvalue weighted by molar-refractivity contribution is 6.31.